The van der Waals surface area contributed by atoms with Crippen LogP contribution in [0.15, 0.2) is 55.0 Å². The monoisotopic (exact) mass is 500 g/mol. The first kappa shape index (κ1) is 26.4. The Morgan fingerprint density at radius 3 is 2.78 bits per heavy atom. The Morgan fingerprint density at radius 2 is 2.08 bits per heavy atom. The standard InChI is InChI=1S/C29H36N6O2/c1-3-29(11-4-5-13-35(14-12-30)28(29)36)23-7-6-8-24(17-23)37-27-16-21(9-10-22(27)18-31)15-25(32)26-19-33-20-34(26)2/h6-10,16-17,19-20,25H,3-5,11-15,30,32H2,1-2H3. The lowest BCUT2D eigenvalue weighted by Crippen LogP contribution is -2.47. The summed E-state index contributed by atoms with van der Waals surface area (Å²) in [6, 6.07) is 15.3. The van der Waals surface area contributed by atoms with Gasteiger partial charge in [-0.1, -0.05) is 31.5 Å². The molecule has 8 nitrogen and oxygen atoms in total. The number of rotatable bonds is 9. The van der Waals surface area contributed by atoms with Crippen LogP contribution in [0.2, 0.25) is 0 Å². The van der Waals surface area contributed by atoms with E-state index >= 15 is 0 Å². The molecule has 1 amide bonds. The van der Waals surface area contributed by atoms with Gasteiger partial charge in [0.25, 0.3) is 0 Å². The zero-order valence-corrected chi connectivity index (χ0v) is 21.7. The van der Waals surface area contributed by atoms with Crippen LogP contribution in [0.5, 0.6) is 11.5 Å². The van der Waals surface area contributed by atoms with Gasteiger partial charge in [0, 0.05) is 32.9 Å². The SMILES string of the molecule is CCC1(c2cccc(Oc3cc(CC(N)c4cncn4C)ccc3C#N)c2)CCCCN(CCN)C1=O. The van der Waals surface area contributed by atoms with Crippen LogP contribution in [-0.2, 0) is 23.7 Å². The molecule has 1 aliphatic rings. The molecular weight excluding hydrogens is 464 g/mol. The Kier molecular flexibility index (Phi) is 8.27. The Bertz CT molecular complexity index is 1280. The minimum Gasteiger partial charge on any atom is -0.456 e. The zero-order valence-electron chi connectivity index (χ0n) is 21.7. The molecule has 0 radical (unpaired) electrons. The summed E-state index contributed by atoms with van der Waals surface area (Å²) in [4.78, 5) is 19.8. The van der Waals surface area contributed by atoms with Gasteiger partial charge in [-0.15, -0.1) is 0 Å². The number of amides is 1. The summed E-state index contributed by atoms with van der Waals surface area (Å²) >= 11 is 0. The minimum absolute atomic E-state index is 0.138. The number of nitriles is 1. The van der Waals surface area contributed by atoms with Crippen molar-refractivity contribution in [3.05, 3.63) is 77.4 Å². The molecule has 0 bridgehead atoms. The predicted octanol–water partition coefficient (Wildman–Crippen LogP) is 3.95. The lowest BCUT2D eigenvalue weighted by Gasteiger charge is -2.35. The number of nitrogens with zero attached hydrogens (tertiary/aromatic N) is 4. The van der Waals surface area contributed by atoms with Crippen LogP contribution in [0.25, 0.3) is 0 Å². The maximum Gasteiger partial charge on any atom is 0.233 e. The topological polar surface area (TPSA) is 123 Å². The van der Waals surface area contributed by atoms with Gasteiger partial charge in [-0.05, 0) is 61.1 Å². The summed E-state index contributed by atoms with van der Waals surface area (Å²) in [6.45, 7) is 3.83. The highest BCUT2D eigenvalue weighted by Gasteiger charge is 2.42. The normalized spacial score (nSPS) is 18.8. The molecule has 3 aromatic rings. The summed E-state index contributed by atoms with van der Waals surface area (Å²) in [7, 11) is 1.92. The van der Waals surface area contributed by atoms with Crippen LogP contribution in [0, 0.1) is 11.3 Å². The minimum atomic E-state index is -0.610. The first-order chi connectivity index (χ1) is 17.9. The summed E-state index contributed by atoms with van der Waals surface area (Å²) in [5.41, 5.74) is 14.9. The van der Waals surface area contributed by atoms with Crippen LogP contribution in [-0.4, -0.2) is 40.0 Å². The van der Waals surface area contributed by atoms with Gasteiger partial charge in [-0.25, -0.2) is 4.98 Å². The highest BCUT2D eigenvalue weighted by molar-refractivity contribution is 5.88. The fourth-order valence-corrected chi connectivity index (χ4v) is 5.35. The quantitative estimate of drug-likeness (QED) is 0.459. The van der Waals surface area contributed by atoms with E-state index in [9.17, 15) is 10.1 Å². The van der Waals surface area contributed by atoms with Crippen LogP contribution in [0.4, 0.5) is 0 Å². The molecule has 1 aliphatic heterocycles. The molecule has 0 spiro atoms. The lowest BCUT2D eigenvalue weighted by atomic mass is 9.73. The van der Waals surface area contributed by atoms with Crippen LogP contribution >= 0.6 is 0 Å². The number of ether oxygens (including phenoxy) is 1. The second kappa shape index (κ2) is 11.6. The van der Waals surface area contributed by atoms with E-state index in [1.165, 1.54) is 0 Å². The van der Waals surface area contributed by atoms with Gasteiger partial charge in [0.2, 0.25) is 5.91 Å². The average molecular weight is 501 g/mol. The van der Waals surface area contributed by atoms with E-state index < -0.39 is 5.41 Å². The lowest BCUT2D eigenvalue weighted by molar-refractivity contribution is -0.137. The van der Waals surface area contributed by atoms with E-state index in [1.807, 2.05) is 52.9 Å². The average Bonchev–Trinajstić information content (AvgIpc) is 3.27. The third-order valence-corrected chi connectivity index (χ3v) is 7.45. The maximum absolute atomic E-state index is 13.7. The second-order valence-electron chi connectivity index (χ2n) is 9.79. The molecule has 2 heterocycles. The van der Waals surface area contributed by atoms with Gasteiger partial charge in [-0.2, -0.15) is 5.26 Å². The summed E-state index contributed by atoms with van der Waals surface area (Å²) in [5, 5.41) is 9.71. The molecule has 2 atom stereocenters. The van der Waals surface area contributed by atoms with Crippen molar-refractivity contribution in [2.24, 2.45) is 18.5 Å². The molecule has 2 aromatic carbocycles. The number of imidazole rings is 1. The van der Waals surface area contributed by atoms with E-state index in [0.29, 0.717) is 43.0 Å². The van der Waals surface area contributed by atoms with Crippen LogP contribution < -0.4 is 16.2 Å². The van der Waals surface area contributed by atoms with E-state index in [2.05, 4.69) is 18.0 Å². The molecule has 37 heavy (non-hydrogen) atoms. The van der Waals surface area contributed by atoms with Gasteiger partial charge in [0.05, 0.1) is 29.0 Å². The number of nitrogens with two attached hydrogens (primary N) is 2. The highest BCUT2D eigenvalue weighted by Crippen LogP contribution is 2.40. The van der Waals surface area contributed by atoms with Crippen LogP contribution in [0.3, 0.4) is 0 Å². The van der Waals surface area contributed by atoms with E-state index in [0.717, 1.165) is 42.6 Å². The van der Waals surface area contributed by atoms with Crippen molar-refractivity contribution in [1.82, 2.24) is 14.5 Å². The third kappa shape index (κ3) is 5.53. The van der Waals surface area contributed by atoms with Crippen molar-refractivity contribution in [2.45, 2.75) is 50.5 Å². The fraction of sp³-hybridized carbons (Fsp3) is 0.414. The molecule has 1 saturated heterocycles. The number of hydrogen-bond acceptors (Lipinski definition) is 6. The predicted molar refractivity (Wildman–Crippen MR) is 143 cm³/mol. The summed E-state index contributed by atoms with van der Waals surface area (Å²) < 4.78 is 8.18. The molecule has 0 aliphatic carbocycles. The van der Waals surface area contributed by atoms with Crippen molar-refractivity contribution in [3.8, 4) is 17.6 Å². The van der Waals surface area contributed by atoms with Crippen LogP contribution in [0.1, 0.15) is 61.0 Å². The smallest absolute Gasteiger partial charge is 0.233 e. The zero-order chi connectivity index (χ0) is 26.4. The first-order valence-electron chi connectivity index (χ1n) is 12.9. The molecule has 2 unspecified atom stereocenters. The Morgan fingerprint density at radius 1 is 1.24 bits per heavy atom. The number of carbonyl (C=O) groups is 1. The van der Waals surface area contributed by atoms with Crippen molar-refractivity contribution in [1.29, 1.82) is 5.26 Å². The van der Waals surface area contributed by atoms with E-state index in [4.69, 9.17) is 16.2 Å². The van der Waals surface area contributed by atoms with Gasteiger partial charge < -0.3 is 25.7 Å². The Balaban J connectivity index is 1.62. The van der Waals surface area contributed by atoms with Gasteiger partial charge >= 0.3 is 0 Å². The molecule has 4 N–H and O–H groups in total. The molecule has 1 aromatic heterocycles. The largest absolute Gasteiger partial charge is 0.456 e. The van der Waals surface area contributed by atoms with Gasteiger partial charge in [-0.3, -0.25) is 4.79 Å². The highest BCUT2D eigenvalue weighted by atomic mass is 16.5. The number of benzene rings is 2. The molecule has 1 fully saturated rings. The Labute approximate surface area is 218 Å². The number of carbonyl (C=O) groups excluding carboxylic acids is 1. The number of aromatic nitrogens is 2. The molecule has 8 heteroatoms. The molecular formula is C29H36N6O2. The number of aryl methyl sites for hydroxylation is 1. The van der Waals surface area contributed by atoms with E-state index in [-0.39, 0.29) is 11.9 Å². The van der Waals surface area contributed by atoms with Gasteiger partial charge in [0.1, 0.15) is 17.6 Å². The molecule has 4 rings (SSSR count). The van der Waals surface area contributed by atoms with E-state index in [1.54, 1.807) is 18.6 Å². The Hall–Kier alpha value is -3.67. The number of hydrogen-bond donors (Lipinski definition) is 2. The fourth-order valence-electron chi connectivity index (χ4n) is 5.35. The van der Waals surface area contributed by atoms with Crippen molar-refractivity contribution in [2.75, 3.05) is 19.6 Å². The molecule has 0 saturated carbocycles. The summed E-state index contributed by atoms with van der Waals surface area (Å²) in [5.74, 6) is 1.20. The van der Waals surface area contributed by atoms with Gasteiger partial charge in [0.15, 0.2) is 0 Å². The van der Waals surface area contributed by atoms with Crippen molar-refractivity contribution >= 4 is 5.91 Å². The van der Waals surface area contributed by atoms with Crippen molar-refractivity contribution < 1.29 is 9.53 Å². The first-order valence-corrected chi connectivity index (χ1v) is 12.9. The number of likely N-dealkylation sites (tertiary alicyclic amines) is 1. The third-order valence-electron chi connectivity index (χ3n) is 7.45. The van der Waals surface area contributed by atoms with Crippen molar-refractivity contribution in [3.63, 3.8) is 0 Å². The maximum atomic E-state index is 13.7. The second-order valence-corrected chi connectivity index (χ2v) is 9.79. The molecule has 194 valence electrons. The summed E-state index contributed by atoms with van der Waals surface area (Å²) in [6.07, 6.45) is 7.51.